The lowest BCUT2D eigenvalue weighted by Crippen LogP contribution is -2.05. The lowest BCUT2D eigenvalue weighted by atomic mass is 9.96. The summed E-state index contributed by atoms with van der Waals surface area (Å²) in [4.78, 5) is 0.363. The molecule has 3 heteroatoms. The summed E-state index contributed by atoms with van der Waals surface area (Å²) < 4.78 is 11.3. The largest absolute Gasteiger partial charge is 0.490 e. The van der Waals surface area contributed by atoms with Crippen molar-refractivity contribution in [3.05, 3.63) is 23.8 Å². The molecule has 19 heavy (non-hydrogen) atoms. The molecular weight excluding hydrogens is 304 g/mol. The van der Waals surface area contributed by atoms with Crippen LogP contribution in [0.15, 0.2) is 18.2 Å². The zero-order chi connectivity index (χ0) is 14.3. The van der Waals surface area contributed by atoms with Gasteiger partial charge in [-0.1, -0.05) is 42.3 Å². The molecule has 0 saturated carbocycles. The third-order valence-electron chi connectivity index (χ3n) is 3.13. The second-order valence-electron chi connectivity index (χ2n) is 4.74. The molecule has 2 unspecified atom stereocenters. The van der Waals surface area contributed by atoms with Gasteiger partial charge in [0.2, 0.25) is 0 Å². The van der Waals surface area contributed by atoms with Crippen molar-refractivity contribution in [1.82, 2.24) is 0 Å². The molecule has 0 heterocycles. The molecule has 2 atom stereocenters. The predicted molar refractivity (Wildman–Crippen MR) is 84.5 cm³/mol. The molecule has 0 saturated heterocycles. The van der Waals surface area contributed by atoms with Crippen LogP contribution >= 0.6 is 15.9 Å². The van der Waals surface area contributed by atoms with E-state index in [2.05, 4.69) is 41.9 Å². The average molecular weight is 329 g/mol. The summed E-state index contributed by atoms with van der Waals surface area (Å²) in [5, 5.41) is 0. The van der Waals surface area contributed by atoms with Gasteiger partial charge in [0, 0.05) is 4.83 Å². The van der Waals surface area contributed by atoms with E-state index in [0.29, 0.717) is 24.0 Å². The summed E-state index contributed by atoms with van der Waals surface area (Å²) in [6, 6.07) is 6.23. The summed E-state index contributed by atoms with van der Waals surface area (Å²) in [5.41, 5.74) is 1.26. The lowest BCUT2D eigenvalue weighted by molar-refractivity contribution is 0.287. The Hall–Kier alpha value is -0.700. The first-order chi connectivity index (χ1) is 9.13. The standard InChI is InChI=1S/C16H25BrO2/c1-5-8-12(4)16(17)13-9-10-14(18-6-2)15(11-13)19-7-3/h9-12,16H,5-8H2,1-4H3. The molecule has 0 amide bonds. The third-order valence-corrected chi connectivity index (χ3v) is 4.56. The van der Waals surface area contributed by atoms with E-state index in [-0.39, 0.29) is 0 Å². The second-order valence-corrected chi connectivity index (χ2v) is 5.73. The second kappa shape index (κ2) is 8.47. The molecule has 0 aliphatic rings. The van der Waals surface area contributed by atoms with Crippen molar-refractivity contribution in [2.75, 3.05) is 13.2 Å². The Morgan fingerprint density at radius 3 is 2.26 bits per heavy atom. The molecule has 0 spiro atoms. The number of ether oxygens (including phenoxy) is 2. The van der Waals surface area contributed by atoms with Crippen LogP contribution < -0.4 is 9.47 Å². The summed E-state index contributed by atoms with van der Waals surface area (Å²) in [6.45, 7) is 9.79. The van der Waals surface area contributed by atoms with Gasteiger partial charge in [-0.25, -0.2) is 0 Å². The first kappa shape index (κ1) is 16.4. The molecule has 1 aromatic rings. The van der Waals surface area contributed by atoms with Crippen LogP contribution in [0.4, 0.5) is 0 Å². The highest BCUT2D eigenvalue weighted by molar-refractivity contribution is 9.09. The Morgan fingerprint density at radius 2 is 1.68 bits per heavy atom. The molecule has 0 aromatic heterocycles. The molecule has 0 aliphatic carbocycles. The number of benzene rings is 1. The number of hydrogen-bond donors (Lipinski definition) is 0. The van der Waals surface area contributed by atoms with Crippen LogP contribution in [-0.4, -0.2) is 13.2 Å². The van der Waals surface area contributed by atoms with Crippen molar-refractivity contribution < 1.29 is 9.47 Å². The van der Waals surface area contributed by atoms with E-state index in [1.165, 1.54) is 18.4 Å². The van der Waals surface area contributed by atoms with Gasteiger partial charge >= 0.3 is 0 Å². The van der Waals surface area contributed by atoms with Gasteiger partial charge in [-0.15, -0.1) is 0 Å². The molecule has 0 radical (unpaired) electrons. The fourth-order valence-electron chi connectivity index (χ4n) is 2.17. The van der Waals surface area contributed by atoms with Gasteiger partial charge in [-0.2, -0.15) is 0 Å². The molecule has 1 aromatic carbocycles. The summed E-state index contributed by atoms with van der Waals surface area (Å²) in [7, 11) is 0. The molecule has 0 fully saturated rings. The van der Waals surface area contributed by atoms with Crippen LogP contribution in [0.3, 0.4) is 0 Å². The highest BCUT2D eigenvalue weighted by Crippen LogP contribution is 2.38. The van der Waals surface area contributed by atoms with Gasteiger partial charge in [-0.05, 0) is 43.9 Å². The number of alkyl halides is 1. The van der Waals surface area contributed by atoms with Gasteiger partial charge in [-0.3, -0.25) is 0 Å². The first-order valence-corrected chi connectivity index (χ1v) is 8.09. The van der Waals surface area contributed by atoms with Gasteiger partial charge in [0.1, 0.15) is 0 Å². The first-order valence-electron chi connectivity index (χ1n) is 7.17. The van der Waals surface area contributed by atoms with E-state index in [4.69, 9.17) is 9.47 Å². The van der Waals surface area contributed by atoms with Crippen molar-refractivity contribution in [2.45, 2.75) is 45.4 Å². The monoisotopic (exact) mass is 328 g/mol. The Kier molecular flexibility index (Phi) is 7.29. The summed E-state index contributed by atoms with van der Waals surface area (Å²) in [6.07, 6.45) is 2.42. The molecule has 108 valence electrons. The molecular formula is C16H25BrO2. The normalized spacial score (nSPS) is 13.9. The zero-order valence-corrected chi connectivity index (χ0v) is 14.0. The zero-order valence-electron chi connectivity index (χ0n) is 12.4. The maximum atomic E-state index is 5.67. The van der Waals surface area contributed by atoms with Crippen LogP contribution in [0.2, 0.25) is 0 Å². The SMILES string of the molecule is CCCC(C)C(Br)c1ccc(OCC)c(OCC)c1. The summed E-state index contributed by atoms with van der Waals surface area (Å²) >= 11 is 3.80. The van der Waals surface area contributed by atoms with Gasteiger partial charge < -0.3 is 9.47 Å². The van der Waals surface area contributed by atoms with E-state index in [1.54, 1.807) is 0 Å². The van der Waals surface area contributed by atoms with Crippen molar-refractivity contribution in [3.8, 4) is 11.5 Å². The molecule has 1 rings (SSSR count). The van der Waals surface area contributed by atoms with E-state index < -0.39 is 0 Å². The van der Waals surface area contributed by atoms with E-state index >= 15 is 0 Å². The summed E-state index contributed by atoms with van der Waals surface area (Å²) in [5.74, 6) is 2.28. The maximum Gasteiger partial charge on any atom is 0.161 e. The van der Waals surface area contributed by atoms with Crippen molar-refractivity contribution in [3.63, 3.8) is 0 Å². The van der Waals surface area contributed by atoms with E-state index in [9.17, 15) is 0 Å². The van der Waals surface area contributed by atoms with Gasteiger partial charge in [0.25, 0.3) is 0 Å². The quantitative estimate of drug-likeness (QED) is 0.598. The Bertz CT molecular complexity index is 379. The number of halogens is 1. The van der Waals surface area contributed by atoms with E-state index in [0.717, 1.165) is 11.5 Å². The van der Waals surface area contributed by atoms with Crippen LogP contribution in [0.1, 0.15) is 50.9 Å². The van der Waals surface area contributed by atoms with E-state index in [1.807, 2.05) is 19.9 Å². The van der Waals surface area contributed by atoms with Crippen molar-refractivity contribution in [1.29, 1.82) is 0 Å². The topological polar surface area (TPSA) is 18.5 Å². The molecule has 2 nitrogen and oxygen atoms in total. The highest BCUT2D eigenvalue weighted by Gasteiger charge is 2.17. The third kappa shape index (κ3) is 4.72. The molecule has 0 aliphatic heterocycles. The fourth-order valence-corrected chi connectivity index (χ4v) is 2.72. The van der Waals surface area contributed by atoms with Gasteiger partial charge in [0.05, 0.1) is 13.2 Å². The van der Waals surface area contributed by atoms with Gasteiger partial charge in [0.15, 0.2) is 11.5 Å². The minimum atomic E-state index is 0.363. The molecule has 0 bridgehead atoms. The Morgan fingerprint density at radius 1 is 1.05 bits per heavy atom. The molecule has 0 N–H and O–H groups in total. The number of hydrogen-bond acceptors (Lipinski definition) is 2. The van der Waals surface area contributed by atoms with Crippen LogP contribution in [0, 0.1) is 5.92 Å². The smallest absolute Gasteiger partial charge is 0.161 e. The maximum absolute atomic E-state index is 5.67. The average Bonchev–Trinajstić information content (AvgIpc) is 2.40. The lowest BCUT2D eigenvalue weighted by Gasteiger charge is -2.20. The van der Waals surface area contributed by atoms with Crippen LogP contribution in [0.25, 0.3) is 0 Å². The highest BCUT2D eigenvalue weighted by atomic mass is 79.9. The Balaban J connectivity index is 2.93. The predicted octanol–water partition coefficient (Wildman–Crippen LogP) is 5.36. The minimum absolute atomic E-state index is 0.363. The number of rotatable bonds is 8. The van der Waals surface area contributed by atoms with Crippen molar-refractivity contribution >= 4 is 15.9 Å². The minimum Gasteiger partial charge on any atom is -0.490 e. The van der Waals surface area contributed by atoms with Crippen LogP contribution in [0.5, 0.6) is 11.5 Å². The van der Waals surface area contributed by atoms with Crippen LogP contribution in [-0.2, 0) is 0 Å². The fraction of sp³-hybridized carbons (Fsp3) is 0.625. The van der Waals surface area contributed by atoms with Crippen molar-refractivity contribution in [2.24, 2.45) is 5.92 Å². The Labute approximate surface area is 125 Å².